The van der Waals surface area contributed by atoms with Crippen LogP contribution in [0.25, 0.3) is 0 Å². The van der Waals surface area contributed by atoms with Crippen molar-refractivity contribution < 1.29 is 18.1 Å². The van der Waals surface area contributed by atoms with Gasteiger partial charge in [-0.15, -0.1) is 0 Å². The van der Waals surface area contributed by atoms with Crippen LogP contribution in [0.4, 0.5) is 5.69 Å². The fraction of sp³-hybridized carbons (Fsp3) is 0.435. The molecule has 6 nitrogen and oxygen atoms in total. The summed E-state index contributed by atoms with van der Waals surface area (Å²) < 4.78 is 27.5. The molecule has 1 aliphatic rings. The third-order valence-corrected chi connectivity index (χ3v) is 7.75. The Hall–Kier alpha value is -2.22. The molecule has 3 rings (SSSR count). The van der Waals surface area contributed by atoms with Gasteiger partial charge in [-0.25, -0.2) is 8.42 Å². The first-order valence-electron chi connectivity index (χ1n) is 10.6. The van der Waals surface area contributed by atoms with E-state index >= 15 is 0 Å². The van der Waals surface area contributed by atoms with E-state index in [-0.39, 0.29) is 5.91 Å². The normalized spacial score (nSPS) is 16.9. The van der Waals surface area contributed by atoms with E-state index in [9.17, 15) is 13.2 Å². The molecule has 1 heterocycles. The minimum atomic E-state index is -3.50. The van der Waals surface area contributed by atoms with Crippen molar-refractivity contribution in [3.63, 3.8) is 0 Å². The number of carbonyl (C=O) groups is 1. The summed E-state index contributed by atoms with van der Waals surface area (Å²) in [5.74, 6) is 0.368. The molecule has 162 valence electrons. The highest BCUT2D eigenvalue weighted by molar-refractivity contribution is 7.89. The lowest BCUT2D eigenvalue weighted by atomic mass is 9.99. The minimum absolute atomic E-state index is 0.0486. The number of sulfonamides is 1. The molecular formula is C23H32N3O3S+. The molecule has 2 N–H and O–H groups in total. The summed E-state index contributed by atoms with van der Waals surface area (Å²) in [6.45, 7) is 8.66. The number of hydrogen-bond donors (Lipinski definition) is 2. The smallest absolute Gasteiger partial charge is 0.279 e. The van der Waals surface area contributed by atoms with Crippen molar-refractivity contribution in [2.45, 2.75) is 38.0 Å². The lowest BCUT2D eigenvalue weighted by molar-refractivity contribution is -0.895. The van der Waals surface area contributed by atoms with Gasteiger partial charge in [0, 0.05) is 5.69 Å². The predicted molar refractivity (Wildman–Crippen MR) is 119 cm³/mol. The van der Waals surface area contributed by atoms with Gasteiger partial charge in [0.05, 0.1) is 31.1 Å². The highest BCUT2D eigenvalue weighted by Crippen LogP contribution is 2.22. The number of nitrogens with zero attached hydrogens (tertiary/aromatic N) is 1. The van der Waals surface area contributed by atoms with Gasteiger partial charge in [0.1, 0.15) is 0 Å². The van der Waals surface area contributed by atoms with E-state index in [4.69, 9.17) is 0 Å². The van der Waals surface area contributed by atoms with Gasteiger partial charge in [-0.1, -0.05) is 38.1 Å². The summed E-state index contributed by atoms with van der Waals surface area (Å²) in [6, 6.07) is 15.0. The number of nitrogens with one attached hydrogen (secondary N) is 2. The number of rotatable bonds is 7. The second kappa shape index (κ2) is 9.73. The molecule has 0 saturated carbocycles. The number of carbonyl (C=O) groups excluding carboxylic acids is 1. The van der Waals surface area contributed by atoms with E-state index in [0.717, 1.165) is 28.1 Å². The Balaban J connectivity index is 1.54. The summed E-state index contributed by atoms with van der Waals surface area (Å²) in [4.78, 5) is 13.8. The van der Waals surface area contributed by atoms with Crippen molar-refractivity contribution in [2.24, 2.45) is 0 Å². The van der Waals surface area contributed by atoms with Crippen molar-refractivity contribution in [1.29, 1.82) is 0 Å². The monoisotopic (exact) mass is 430 g/mol. The zero-order chi connectivity index (χ0) is 21.7. The second-order valence-electron chi connectivity index (χ2n) is 8.13. The molecule has 0 bridgehead atoms. The Labute approximate surface area is 179 Å². The summed E-state index contributed by atoms with van der Waals surface area (Å²) in [5.41, 5.74) is 3.04. The van der Waals surface area contributed by atoms with Gasteiger partial charge < -0.3 is 10.2 Å². The first kappa shape index (κ1) is 22.5. The van der Waals surface area contributed by atoms with E-state index in [1.165, 1.54) is 4.31 Å². The molecule has 7 heteroatoms. The molecule has 0 aromatic heterocycles. The summed E-state index contributed by atoms with van der Waals surface area (Å²) in [5, 5.41) is 2.92. The van der Waals surface area contributed by atoms with Gasteiger partial charge >= 0.3 is 0 Å². The maximum absolute atomic E-state index is 13.0. The molecule has 1 saturated heterocycles. The van der Waals surface area contributed by atoms with Crippen LogP contribution in [-0.4, -0.2) is 51.4 Å². The Morgan fingerprint density at radius 2 is 1.80 bits per heavy atom. The zero-order valence-corrected chi connectivity index (χ0v) is 18.8. The molecular weight excluding hydrogens is 398 g/mol. The van der Waals surface area contributed by atoms with Crippen molar-refractivity contribution in [1.82, 2.24) is 4.31 Å². The van der Waals surface area contributed by atoms with E-state index < -0.39 is 10.0 Å². The highest BCUT2D eigenvalue weighted by atomic mass is 32.2. The highest BCUT2D eigenvalue weighted by Gasteiger charge is 2.31. The topological polar surface area (TPSA) is 70.9 Å². The summed E-state index contributed by atoms with van der Waals surface area (Å²) in [7, 11) is -3.50. The van der Waals surface area contributed by atoms with Crippen LogP contribution in [0, 0.1) is 6.92 Å². The van der Waals surface area contributed by atoms with Crippen LogP contribution in [0.2, 0.25) is 0 Å². The number of anilines is 1. The fourth-order valence-electron chi connectivity index (χ4n) is 3.73. The van der Waals surface area contributed by atoms with E-state index in [0.29, 0.717) is 43.5 Å². The number of piperazine rings is 1. The minimum Gasteiger partial charge on any atom is -0.325 e. The molecule has 0 unspecified atom stereocenters. The Morgan fingerprint density at radius 1 is 1.13 bits per heavy atom. The quantitative estimate of drug-likeness (QED) is 0.706. The Morgan fingerprint density at radius 3 is 2.40 bits per heavy atom. The number of benzene rings is 2. The fourth-order valence-corrected chi connectivity index (χ4v) is 5.17. The van der Waals surface area contributed by atoms with Gasteiger partial charge in [-0.3, -0.25) is 4.79 Å². The molecule has 0 aliphatic carbocycles. The summed E-state index contributed by atoms with van der Waals surface area (Å²) >= 11 is 0. The molecule has 1 fully saturated rings. The van der Waals surface area contributed by atoms with Crippen LogP contribution in [-0.2, 0) is 14.8 Å². The van der Waals surface area contributed by atoms with E-state index in [1.807, 2.05) is 43.3 Å². The predicted octanol–water partition coefficient (Wildman–Crippen LogP) is 2.04. The third-order valence-electron chi connectivity index (χ3n) is 5.84. The molecule has 1 aliphatic heterocycles. The number of amides is 1. The van der Waals surface area contributed by atoms with Gasteiger partial charge in [-0.2, -0.15) is 4.31 Å². The van der Waals surface area contributed by atoms with Crippen LogP contribution in [0.15, 0.2) is 53.4 Å². The average molecular weight is 431 g/mol. The number of aryl methyl sites for hydroxylation is 1. The lowest BCUT2D eigenvalue weighted by Crippen LogP contribution is -3.15. The van der Waals surface area contributed by atoms with Crippen LogP contribution >= 0.6 is 0 Å². The summed E-state index contributed by atoms with van der Waals surface area (Å²) in [6.07, 6.45) is 1.02. The van der Waals surface area contributed by atoms with Gasteiger partial charge in [0.25, 0.3) is 5.91 Å². The second-order valence-corrected chi connectivity index (χ2v) is 10.1. The van der Waals surface area contributed by atoms with Crippen molar-refractivity contribution in [2.75, 3.05) is 38.0 Å². The molecule has 1 amide bonds. The van der Waals surface area contributed by atoms with E-state index in [1.54, 1.807) is 12.1 Å². The van der Waals surface area contributed by atoms with Crippen LogP contribution < -0.4 is 10.2 Å². The van der Waals surface area contributed by atoms with Crippen LogP contribution in [0.1, 0.15) is 37.3 Å². The maximum Gasteiger partial charge on any atom is 0.279 e. The van der Waals surface area contributed by atoms with Crippen molar-refractivity contribution in [3.05, 3.63) is 59.7 Å². The number of hydrogen-bond acceptors (Lipinski definition) is 3. The van der Waals surface area contributed by atoms with Crippen molar-refractivity contribution in [3.8, 4) is 0 Å². The Kier molecular flexibility index (Phi) is 7.28. The average Bonchev–Trinajstić information content (AvgIpc) is 2.73. The maximum atomic E-state index is 13.0. The first-order valence-corrected chi connectivity index (χ1v) is 12.0. The SMILES string of the molecule is CC[C@H](C)c1ccc(S(=O)(=O)N2CC[NH+](CC(=O)Nc3cccc(C)c3)CC2)cc1. The molecule has 30 heavy (non-hydrogen) atoms. The van der Waals surface area contributed by atoms with Gasteiger partial charge in [0.15, 0.2) is 6.54 Å². The molecule has 2 aromatic rings. The molecule has 2 aromatic carbocycles. The zero-order valence-electron chi connectivity index (χ0n) is 18.0. The van der Waals surface area contributed by atoms with E-state index in [2.05, 4.69) is 19.2 Å². The molecule has 0 radical (unpaired) electrons. The third kappa shape index (κ3) is 5.47. The first-order chi connectivity index (χ1) is 14.3. The lowest BCUT2D eigenvalue weighted by Gasteiger charge is -2.31. The molecule has 1 atom stereocenters. The van der Waals surface area contributed by atoms with Gasteiger partial charge in [0.2, 0.25) is 10.0 Å². The number of quaternary nitrogens is 1. The van der Waals surface area contributed by atoms with Crippen LogP contribution in [0.3, 0.4) is 0 Å². The van der Waals surface area contributed by atoms with Gasteiger partial charge in [-0.05, 0) is 54.7 Å². The Bertz CT molecular complexity index is 965. The largest absolute Gasteiger partial charge is 0.325 e. The van der Waals surface area contributed by atoms with Crippen molar-refractivity contribution >= 4 is 21.6 Å². The van der Waals surface area contributed by atoms with Crippen LogP contribution in [0.5, 0.6) is 0 Å². The molecule has 0 spiro atoms. The standard InChI is InChI=1S/C23H31N3O3S/c1-4-19(3)20-8-10-22(11-9-20)30(28,29)26-14-12-25(13-15-26)17-23(27)24-21-7-5-6-18(2)16-21/h5-11,16,19H,4,12-15,17H2,1-3H3,(H,24,27)/p+1/t19-/m0/s1.